The molecule has 0 radical (unpaired) electrons. The molecule has 72 valence electrons. The highest BCUT2D eigenvalue weighted by Crippen LogP contribution is 2.33. The quantitative estimate of drug-likeness (QED) is 0.831. The summed E-state index contributed by atoms with van der Waals surface area (Å²) in [4.78, 5) is 0. The first-order valence-electron chi connectivity index (χ1n) is 3.77. The van der Waals surface area contributed by atoms with E-state index in [2.05, 4.69) is 0 Å². The number of aliphatic hydroxyl groups excluding tert-OH is 1. The fourth-order valence-corrected chi connectivity index (χ4v) is 1.58. The van der Waals surface area contributed by atoms with Crippen LogP contribution in [0.4, 0.5) is 0 Å². The average Bonchev–Trinajstić information content (AvgIpc) is 2.07. The molecule has 0 spiro atoms. The fraction of sp³-hybridized carbons (Fsp3) is 0.333. The number of benzene rings is 1. The topological polar surface area (TPSA) is 29.5 Å². The van der Waals surface area contributed by atoms with E-state index in [4.69, 9.17) is 27.9 Å². The van der Waals surface area contributed by atoms with E-state index >= 15 is 0 Å². The Morgan fingerprint density at radius 2 is 1.92 bits per heavy atom. The van der Waals surface area contributed by atoms with Gasteiger partial charge in [0, 0.05) is 11.6 Å². The molecule has 1 atom stereocenters. The van der Waals surface area contributed by atoms with Crippen LogP contribution in [0.5, 0.6) is 5.75 Å². The zero-order valence-electron chi connectivity index (χ0n) is 7.34. The lowest BCUT2D eigenvalue weighted by Crippen LogP contribution is -1.94. The van der Waals surface area contributed by atoms with Gasteiger partial charge in [-0.05, 0) is 13.0 Å². The van der Waals surface area contributed by atoms with E-state index in [0.717, 1.165) is 0 Å². The molecule has 2 nitrogen and oxygen atoms in total. The summed E-state index contributed by atoms with van der Waals surface area (Å²) >= 11 is 11.7. The van der Waals surface area contributed by atoms with Gasteiger partial charge in [-0.3, -0.25) is 0 Å². The molecule has 0 aliphatic heterocycles. The van der Waals surface area contributed by atoms with Crippen LogP contribution in [-0.2, 0) is 0 Å². The highest BCUT2D eigenvalue weighted by molar-refractivity contribution is 6.34. The normalized spacial score (nSPS) is 12.7. The van der Waals surface area contributed by atoms with Crippen LogP contribution >= 0.6 is 23.2 Å². The van der Waals surface area contributed by atoms with Crippen LogP contribution in [0.2, 0.25) is 10.0 Å². The second-order valence-corrected chi connectivity index (χ2v) is 3.50. The summed E-state index contributed by atoms with van der Waals surface area (Å²) in [7, 11) is 1.51. The zero-order chi connectivity index (χ0) is 10.0. The molecule has 0 fully saturated rings. The maximum atomic E-state index is 9.31. The van der Waals surface area contributed by atoms with Crippen LogP contribution in [0.3, 0.4) is 0 Å². The molecule has 0 saturated carbocycles. The number of aliphatic hydroxyl groups is 1. The maximum Gasteiger partial charge on any atom is 0.138 e. The monoisotopic (exact) mass is 220 g/mol. The third-order valence-corrected chi connectivity index (χ3v) is 2.34. The zero-order valence-corrected chi connectivity index (χ0v) is 8.86. The first-order chi connectivity index (χ1) is 6.06. The van der Waals surface area contributed by atoms with Crippen molar-refractivity contribution < 1.29 is 9.84 Å². The predicted octanol–water partition coefficient (Wildman–Crippen LogP) is 3.06. The Morgan fingerprint density at radius 3 is 2.38 bits per heavy atom. The molecule has 0 amide bonds. The molecule has 0 aromatic heterocycles. The molecular weight excluding hydrogens is 211 g/mol. The van der Waals surface area contributed by atoms with Crippen molar-refractivity contribution in [2.45, 2.75) is 13.0 Å². The minimum atomic E-state index is -0.629. The molecule has 13 heavy (non-hydrogen) atoms. The SMILES string of the molecule is COc1cc(Cl)c([C@H](C)O)cc1Cl. The number of halogens is 2. The van der Waals surface area contributed by atoms with Gasteiger partial charge in [0.15, 0.2) is 0 Å². The fourth-order valence-electron chi connectivity index (χ4n) is 1.02. The number of ether oxygens (including phenoxy) is 1. The van der Waals surface area contributed by atoms with Crippen molar-refractivity contribution in [3.8, 4) is 5.75 Å². The molecule has 1 rings (SSSR count). The lowest BCUT2D eigenvalue weighted by Gasteiger charge is -2.10. The van der Waals surface area contributed by atoms with Crippen LogP contribution in [0.15, 0.2) is 12.1 Å². The van der Waals surface area contributed by atoms with E-state index in [1.807, 2.05) is 0 Å². The predicted molar refractivity (Wildman–Crippen MR) is 53.6 cm³/mol. The lowest BCUT2D eigenvalue weighted by molar-refractivity contribution is 0.199. The Labute approximate surface area is 87.0 Å². The summed E-state index contributed by atoms with van der Waals surface area (Å²) in [5.74, 6) is 0.510. The van der Waals surface area contributed by atoms with E-state index in [1.165, 1.54) is 7.11 Å². The Hall–Kier alpha value is -0.440. The first-order valence-corrected chi connectivity index (χ1v) is 4.53. The van der Waals surface area contributed by atoms with Gasteiger partial charge >= 0.3 is 0 Å². The number of hydrogen-bond donors (Lipinski definition) is 1. The van der Waals surface area contributed by atoms with Gasteiger partial charge in [-0.25, -0.2) is 0 Å². The molecule has 0 unspecified atom stereocenters. The standard InChI is InChI=1S/C9H10Cl2O2/c1-5(12)6-3-8(11)9(13-2)4-7(6)10/h3-5,12H,1-2H3/t5-/m0/s1. The third kappa shape index (κ3) is 2.27. The van der Waals surface area contributed by atoms with Crippen molar-refractivity contribution in [2.75, 3.05) is 7.11 Å². The van der Waals surface area contributed by atoms with Crippen molar-refractivity contribution >= 4 is 23.2 Å². The van der Waals surface area contributed by atoms with Gasteiger partial charge < -0.3 is 9.84 Å². The van der Waals surface area contributed by atoms with Crippen molar-refractivity contribution in [2.24, 2.45) is 0 Å². The van der Waals surface area contributed by atoms with Crippen molar-refractivity contribution in [3.63, 3.8) is 0 Å². The van der Waals surface area contributed by atoms with Gasteiger partial charge in [0.2, 0.25) is 0 Å². The van der Waals surface area contributed by atoms with E-state index < -0.39 is 6.10 Å². The molecule has 4 heteroatoms. The Kier molecular flexibility index (Phi) is 3.42. The summed E-state index contributed by atoms with van der Waals surface area (Å²) in [5, 5.41) is 10.2. The summed E-state index contributed by atoms with van der Waals surface area (Å²) in [6.07, 6.45) is -0.629. The van der Waals surface area contributed by atoms with Gasteiger partial charge in [0.1, 0.15) is 5.75 Å². The van der Waals surface area contributed by atoms with Gasteiger partial charge in [0.25, 0.3) is 0 Å². The number of hydrogen-bond acceptors (Lipinski definition) is 2. The van der Waals surface area contributed by atoms with Crippen LogP contribution in [0.25, 0.3) is 0 Å². The summed E-state index contributed by atoms with van der Waals surface area (Å²) < 4.78 is 4.96. The Bertz CT molecular complexity index is 311. The summed E-state index contributed by atoms with van der Waals surface area (Å²) in [5.41, 5.74) is 0.604. The molecular formula is C9H10Cl2O2. The lowest BCUT2D eigenvalue weighted by atomic mass is 10.1. The van der Waals surface area contributed by atoms with Crippen LogP contribution in [0.1, 0.15) is 18.6 Å². The molecule has 0 saturated heterocycles. The summed E-state index contributed by atoms with van der Waals surface area (Å²) in [6, 6.07) is 3.19. The minimum absolute atomic E-state index is 0.447. The largest absolute Gasteiger partial charge is 0.495 e. The van der Waals surface area contributed by atoms with Crippen LogP contribution in [-0.4, -0.2) is 12.2 Å². The van der Waals surface area contributed by atoms with Crippen molar-refractivity contribution in [1.82, 2.24) is 0 Å². The molecule has 1 N–H and O–H groups in total. The van der Waals surface area contributed by atoms with Crippen LogP contribution < -0.4 is 4.74 Å². The van der Waals surface area contributed by atoms with Gasteiger partial charge in [-0.2, -0.15) is 0 Å². The van der Waals surface area contributed by atoms with E-state index in [-0.39, 0.29) is 0 Å². The molecule has 1 aromatic rings. The highest BCUT2D eigenvalue weighted by Gasteiger charge is 2.10. The average molecular weight is 221 g/mol. The Morgan fingerprint density at radius 1 is 1.31 bits per heavy atom. The molecule has 1 aromatic carbocycles. The van der Waals surface area contributed by atoms with E-state index in [1.54, 1.807) is 19.1 Å². The number of rotatable bonds is 2. The highest BCUT2D eigenvalue weighted by atomic mass is 35.5. The minimum Gasteiger partial charge on any atom is -0.495 e. The van der Waals surface area contributed by atoms with Gasteiger partial charge in [0.05, 0.1) is 23.3 Å². The number of methoxy groups -OCH3 is 1. The van der Waals surface area contributed by atoms with Gasteiger partial charge in [-0.15, -0.1) is 0 Å². The second kappa shape index (κ2) is 4.18. The van der Waals surface area contributed by atoms with E-state index in [0.29, 0.717) is 21.4 Å². The van der Waals surface area contributed by atoms with E-state index in [9.17, 15) is 5.11 Å². The third-order valence-electron chi connectivity index (χ3n) is 1.72. The second-order valence-electron chi connectivity index (χ2n) is 2.68. The molecule has 0 aliphatic rings. The van der Waals surface area contributed by atoms with Crippen molar-refractivity contribution in [3.05, 3.63) is 27.7 Å². The smallest absolute Gasteiger partial charge is 0.138 e. The molecule has 0 aliphatic carbocycles. The maximum absolute atomic E-state index is 9.31. The van der Waals surface area contributed by atoms with Crippen molar-refractivity contribution in [1.29, 1.82) is 0 Å². The molecule has 0 bridgehead atoms. The first kappa shape index (κ1) is 10.6. The van der Waals surface area contributed by atoms with Gasteiger partial charge in [-0.1, -0.05) is 23.2 Å². The summed E-state index contributed by atoms with van der Waals surface area (Å²) in [6.45, 7) is 1.63. The Balaban J connectivity index is 3.20. The van der Waals surface area contributed by atoms with Crippen LogP contribution in [0, 0.1) is 0 Å². The molecule has 0 heterocycles.